The van der Waals surface area contributed by atoms with Crippen LogP contribution in [0.1, 0.15) is 12.0 Å². The van der Waals surface area contributed by atoms with Gasteiger partial charge in [0.25, 0.3) is 5.91 Å². The molecule has 1 saturated heterocycles. The van der Waals surface area contributed by atoms with Crippen molar-refractivity contribution in [2.75, 3.05) is 23.4 Å². The van der Waals surface area contributed by atoms with E-state index in [2.05, 4.69) is 21.2 Å². The molecule has 0 radical (unpaired) electrons. The van der Waals surface area contributed by atoms with Crippen molar-refractivity contribution in [3.63, 3.8) is 0 Å². The summed E-state index contributed by atoms with van der Waals surface area (Å²) in [6, 6.07) is 11.1. The van der Waals surface area contributed by atoms with E-state index in [1.165, 1.54) is 11.0 Å². The number of carbonyl (C=O) groups excluding carboxylic acids is 3. The second kappa shape index (κ2) is 8.86. The molecule has 1 N–H and O–H groups in total. The summed E-state index contributed by atoms with van der Waals surface area (Å²) in [5.74, 6) is -2.48. The zero-order valence-electron chi connectivity index (χ0n) is 15.4. The highest BCUT2D eigenvalue weighted by atomic mass is 79.9. The Morgan fingerprint density at radius 1 is 1.17 bits per heavy atom. The molecule has 0 bridgehead atoms. The number of anilines is 2. The number of carbonyl (C=O) groups is 3. The van der Waals surface area contributed by atoms with Crippen LogP contribution in [-0.2, 0) is 25.3 Å². The van der Waals surface area contributed by atoms with Crippen LogP contribution in [0.4, 0.5) is 24.5 Å². The number of rotatable bonds is 5. The van der Waals surface area contributed by atoms with Crippen LogP contribution >= 0.6 is 15.9 Å². The number of nitrogens with zero attached hydrogens (tertiary/aromatic N) is 1. The molecule has 3 rings (SSSR count). The van der Waals surface area contributed by atoms with Crippen molar-refractivity contribution in [2.24, 2.45) is 5.92 Å². The number of esters is 1. The molecule has 30 heavy (non-hydrogen) atoms. The van der Waals surface area contributed by atoms with Crippen LogP contribution < -0.4 is 10.2 Å². The number of benzene rings is 2. The molecule has 10 heteroatoms. The Bertz CT molecular complexity index is 963. The molecule has 1 aliphatic heterocycles. The van der Waals surface area contributed by atoms with Gasteiger partial charge in [0.1, 0.15) is 0 Å². The third kappa shape index (κ3) is 5.38. The van der Waals surface area contributed by atoms with Crippen LogP contribution in [0.25, 0.3) is 0 Å². The lowest BCUT2D eigenvalue weighted by molar-refractivity contribution is -0.151. The molecule has 2 amide bonds. The molecule has 1 heterocycles. The number of amides is 2. The first-order valence-corrected chi connectivity index (χ1v) is 9.62. The third-order valence-electron chi connectivity index (χ3n) is 4.42. The maximum Gasteiger partial charge on any atom is 0.416 e. The number of hydrogen-bond acceptors (Lipinski definition) is 4. The molecule has 0 aliphatic carbocycles. The average Bonchev–Trinajstić information content (AvgIpc) is 3.08. The highest BCUT2D eigenvalue weighted by Crippen LogP contribution is 2.31. The summed E-state index contributed by atoms with van der Waals surface area (Å²) in [6.45, 7) is -0.549. The fraction of sp³-hybridized carbons (Fsp3) is 0.250. The molecule has 6 nitrogen and oxygen atoms in total. The van der Waals surface area contributed by atoms with Gasteiger partial charge in [0, 0.05) is 28.8 Å². The summed E-state index contributed by atoms with van der Waals surface area (Å²) in [5.41, 5.74) is -0.334. The van der Waals surface area contributed by atoms with Gasteiger partial charge in [-0.2, -0.15) is 13.2 Å². The lowest BCUT2D eigenvalue weighted by Crippen LogP contribution is -2.28. The van der Waals surface area contributed by atoms with Crippen molar-refractivity contribution in [2.45, 2.75) is 12.6 Å². The summed E-state index contributed by atoms with van der Waals surface area (Å²) >= 11 is 3.30. The largest absolute Gasteiger partial charge is 0.455 e. The van der Waals surface area contributed by atoms with Crippen molar-refractivity contribution in [1.29, 1.82) is 0 Å². The minimum absolute atomic E-state index is 0.0514. The molecule has 0 aromatic heterocycles. The first-order valence-electron chi connectivity index (χ1n) is 8.83. The molecule has 2 aromatic carbocycles. The smallest absolute Gasteiger partial charge is 0.416 e. The molecule has 1 fully saturated rings. The minimum atomic E-state index is -4.54. The fourth-order valence-corrected chi connectivity index (χ4v) is 3.23. The molecule has 0 spiro atoms. The minimum Gasteiger partial charge on any atom is -0.455 e. The molecule has 1 aliphatic rings. The maximum absolute atomic E-state index is 12.7. The Hall–Kier alpha value is -2.88. The van der Waals surface area contributed by atoms with E-state index in [0.717, 1.165) is 22.7 Å². The van der Waals surface area contributed by atoms with Gasteiger partial charge in [-0.15, -0.1) is 0 Å². The van der Waals surface area contributed by atoms with Crippen molar-refractivity contribution in [1.82, 2.24) is 0 Å². The molecule has 0 unspecified atom stereocenters. The molecule has 158 valence electrons. The number of alkyl halides is 3. The van der Waals surface area contributed by atoms with Gasteiger partial charge >= 0.3 is 12.1 Å². The predicted molar refractivity (Wildman–Crippen MR) is 106 cm³/mol. The van der Waals surface area contributed by atoms with Crippen molar-refractivity contribution < 1.29 is 32.3 Å². The van der Waals surface area contributed by atoms with E-state index >= 15 is 0 Å². The van der Waals surface area contributed by atoms with E-state index in [1.54, 1.807) is 24.3 Å². The molecular formula is C20H16BrF3N2O4. The third-order valence-corrected chi connectivity index (χ3v) is 4.94. The Morgan fingerprint density at radius 2 is 1.87 bits per heavy atom. The lowest BCUT2D eigenvalue weighted by atomic mass is 10.1. The topological polar surface area (TPSA) is 75.7 Å². The summed E-state index contributed by atoms with van der Waals surface area (Å²) in [6.07, 6.45) is -4.59. The zero-order valence-corrected chi connectivity index (χ0v) is 17.0. The highest BCUT2D eigenvalue weighted by Gasteiger charge is 2.36. The maximum atomic E-state index is 12.7. The summed E-state index contributed by atoms with van der Waals surface area (Å²) in [5, 5.41) is 2.25. The van der Waals surface area contributed by atoms with Crippen LogP contribution in [0.15, 0.2) is 53.0 Å². The molecule has 1 atom stereocenters. The number of halogens is 4. The van der Waals surface area contributed by atoms with E-state index < -0.39 is 36.1 Å². The van der Waals surface area contributed by atoms with Crippen LogP contribution in [-0.4, -0.2) is 30.9 Å². The first-order chi connectivity index (χ1) is 14.1. The standard InChI is InChI=1S/C20H16BrF3N2O4/c21-14-4-6-16(7-5-14)26-10-12(8-18(26)28)19(29)30-11-17(27)25-15-3-1-2-13(9-15)20(22,23)24/h1-7,9,12H,8,10-11H2,(H,25,27)/t12-/m0/s1. The van der Waals surface area contributed by atoms with Gasteiger partial charge < -0.3 is 15.0 Å². The quantitative estimate of drug-likeness (QED) is 0.650. The van der Waals surface area contributed by atoms with Gasteiger partial charge in [0.15, 0.2) is 6.61 Å². The van der Waals surface area contributed by atoms with Gasteiger partial charge in [0.05, 0.1) is 11.5 Å². The Morgan fingerprint density at radius 3 is 2.53 bits per heavy atom. The van der Waals surface area contributed by atoms with E-state index in [1.807, 2.05) is 0 Å². The normalized spacial score (nSPS) is 16.5. The van der Waals surface area contributed by atoms with Gasteiger partial charge in [-0.3, -0.25) is 14.4 Å². The number of nitrogens with one attached hydrogen (secondary N) is 1. The van der Waals surface area contributed by atoms with E-state index in [-0.39, 0.29) is 24.6 Å². The van der Waals surface area contributed by atoms with Gasteiger partial charge in [-0.25, -0.2) is 0 Å². The van der Waals surface area contributed by atoms with Crippen LogP contribution in [0.2, 0.25) is 0 Å². The molecular weight excluding hydrogens is 469 g/mol. The van der Waals surface area contributed by atoms with Crippen LogP contribution in [0, 0.1) is 5.92 Å². The van der Waals surface area contributed by atoms with Crippen molar-refractivity contribution >= 4 is 45.1 Å². The van der Waals surface area contributed by atoms with Gasteiger partial charge in [-0.05, 0) is 42.5 Å². The van der Waals surface area contributed by atoms with E-state index in [0.29, 0.717) is 5.69 Å². The summed E-state index contributed by atoms with van der Waals surface area (Å²) in [7, 11) is 0. The Labute approximate surface area is 178 Å². The van der Waals surface area contributed by atoms with Crippen LogP contribution in [0.5, 0.6) is 0 Å². The van der Waals surface area contributed by atoms with Gasteiger partial charge in [-0.1, -0.05) is 22.0 Å². The summed E-state index contributed by atoms with van der Waals surface area (Å²) < 4.78 is 44.0. The number of ether oxygens (including phenoxy) is 1. The Kier molecular flexibility index (Phi) is 6.45. The lowest BCUT2D eigenvalue weighted by Gasteiger charge is -2.16. The average molecular weight is 485 g/mol. The fourth-order valence-electron chi connectivity index (χ4n) is 2.96. The first kappa shape index (κ1) is 21.8. The van der Waals surface area contributed by atoms with Gasteiger partial charge in [0.2, 0.25) is 5.91 Å². The van der Waals surface area contributed by atoms with Crippen LogP contribution in [0.3, 0.4) is 0 Å². The number of hydrogen-bond donors (Lipinski definition) is 1. The Balaban J connectivity index is 1.52. The van der Waals surface area contributed by atoms with Crippen molar-refractivity contribution in [3.05, 3.63) is 58.6 Å². The highest BCUT2D eigenvalue weighted by molar-refractivity contribution is 9.10. The van der Waals surface area contributed by atoms with E-state index in [9.17, 15) is 27.6 Å². The SMILES string of the molecule is O=C(COC(=O)[C@H]1CC(=O)N(c2ccc(Br)cc2)C1)Nc1cccc(C(F)(F)F)c1. The molecule has 0 saturated carbocycles. The molecule has 2 aromatic rings. The van der Waals surface area contributed by atoms with E-state index in [4.69, 9.17) is 4.74 Å². The monoisotopic (exact) mass is 484 g/mol. The second-order valence-electron chi connectivity index (χ2n) is 6.62. The summed E-state index contributed by atoms with van der Waals surface area (Å²) in [4.78, 5) is 37.8. The predicted octanol–water partition coefficient (Wildman–Crippen LogP) is 4.00. The van der Waals surface area contributed by atoms with Crippen molar-refractivity contribution in [3.8, 4) is 0 Å². The second-order valence-corrected chi connectivity index (χ2v) is 7.53. The zero-order chi connectivity index (χ0) is 21.9.